The minimum Gasteiger partial charge on any atom is -0.254 e. The number of rotatable bonds is 2. The van der Waals surface area contributed by atoms with Gasteiger partial charge in [-0.15, -0.1) is 4.91 Å². The van der Waals surface area contributed by atoms with Gasteiger partial charge in [0.05, 0.1) is 10.7 Å². The molecule has 0 radical (unpaired) electrons. The summed E-state index contributed by atoms with van der Waals surface area (Å²) in [7, 11) is 0. The number of hydrogen-bond acceptors (Lipinski definition) is 3. The molecular weight excluding hydrogens is 176 g/mol. The second-order valence-electron chi connectivity index (χ2n) is 2.36. The van der Waals surface area contributed by atoms with Crippen LogP contribution in [0.15, 0.2) is 24.0 Å². The molecule has 0 aliphatic carbocycles. The average Bonchev–Trinajstić information content (AvgIpc) is 2.03. The van der Waals surface area contributed by atoms with Gasteiger partial charge in [0.25, 0.3) is 0 Å². The molecule has 0 unspecified atom stereocenters. The maximum atomic E-state index is 10.3. The molecule has 0 saturated carbocycles. The van der Waals surface area contributed by atoms with Crippen molar-refractivity contribution in [2.24, 2.45) is 5.18 Å². The van der Waals surface area contributed by atoms with Crippen LogP contribution in [0.3, 0.4) is 0 Å². The molecule has 0 atom stereocenters. The Labute approximate surface area is 75.1 Å². The third kappa shape index (κ3) is 1.51. The number of hydrogen-bond donors (Lipinski definition) is 0. The molecule has 12 heavy (non-hydrogen) atoms. The van der Waals surface area contributed by atoms with E-state index in [-0.39, 0.29) is 5.69 Å². The predicted molar refractivity (Wildman–Crippen MR) is 49.4 cm³/mol. The molecular formula is C8H7ClN2O. The van der Waals surface area contributed by atoms with E-state index in [1.165, 1.54) is 12.3 Å². The lowest BCUT2D eigenvalue weighted by atomic mass is 10.2. The van der Waals surface area contributed by atoms with Crippen molar-refractivity contribution < 1.29 is 0 Å². The van der Waals surface area contributed by atoms with E-state index in [4.69, 9.17) is 11.6 Å². The second kappa shape index (κ2) is 3.45. The standard InChI is InChI=1S/C8H7ClN2O/c1-5(2)7-8(11-12)6(9)3-4-10-7/h3-4H,1H2,2H3. The molecule has 1 heterocycles. The Bertz CT molecular complexity index is 336. The van der Waals surface area contributed by atoms with Gasteiger partial charge in [-0.2, -0.15) is 0 Å². The Morgan fingerprint density at radius 3 is 2.83 bits per heavy atom. The molecule has 4 heteroatoms. The summed E-state index contributed by atoms with van der Waals surface area (Å²) in [4.78, 5) is 14.3. The van der Waals surface area contributed by atoms with Gasteiger partial charge < -0.3 is 0 Å². The number of nitroso groups, excluding NO2 is 1. The molecule has 62 valence electrons. The lowest BCUT2D eigenvalue weighted by molar-refractivity contribution is 1.25. The van der Waals surface area contributed by atoms with Gasteiger partial charge in [-0.05, 0) is 23.7 Å². The molecule has 0 aliphatic heterocycles. The van der Waals surface area contributed by atoms with E-state index in [0.717, 1.165) is 0 Å². The first kappa shape index (κ1) is 8.87. The van der Waals surface area contributed by atoms with E-state index in [1.807, 2.05) is 0 Å². The van der Waals surface area contributed by atoms with Crippen molar-refractivity contribution in [3.63, 3.8) is 0 Å². The van der Waals surface area contributed by atoms with Crippen molar-refractivity contribution in [2.45, 2.75) is 6.92 Å². The zero-order valence-corrected chi connectivity index (χ0v) is 7.30. The van der Waals surface area contributed by atoms with Gasteiger partial charge in [0.15, 0.2) is 5.69 Å². The first-order chi connectivity index (χ1) is 5.66. The van der Waals surface area contributed by atoms with E-state index in [9.17, 15) is 4.91 Å². The summed E-state index contributed by atoms with van der Waals surface area (Å²) in [5, 5.41) is 3.09. The van der Waals surface area contributed by atoms with Crippen LogP contribution in [0, 0.1) is 4.91 Å². The topological polar surface area (TPSA) is 42.3 Å². The lowest BCUT2D eigenvalue weighted by Gasteiger charge is -2.01. The minimum atomic E-state index is 0.159. The van der Waals surface area contributed by atoms with Crippen LogP contribution < -0.4 is 0 Å². The summed E-state index contributed by atoms with van der Waals surface area (Å²) in [6.07, 6.45) is 1.51. The molecule has 0 amide bonds. The first-order valence-electron chi connectivity index (χ1n) is 3.30. The number of nitrogens with zero attached hydrogens (tertiary/aromatic N) is 2. The molecule has 0 bridgehead atoms. The largest absolute Gasteiger partial charge is 0.254 e. The third-order valence-corrected chi connectivity index (χ3v) is 1.68. The van der Waals surface area contributed by atoms with Gasteiger partial charge in [0.2, 0.25) is 0 Å². The molecule has 0 fully saturated rings. The monoisotopic (exact) mass is 182 g/mol. The third-order valence-electron chi connectivity index (χ3n) is 1.37. The summed E-state index contributed by atoms with van der Waals surface area (Å²) >= 11 is 5.70. The molecule has 0 aliphatic rings. The van der Waals surface area contributed by atoms with Crippen LogP contribution in [0.5, 0.6) is 0 Å². The summed E-state index contributed by atoms with van der Waals surface area (Å²) in [5.74, 6) is 0. The van der Waals surface area contributed by atoms with Crippen LogP contribution in [0.4, 0.5) is 5.69 Å². The predicted octanol–water partition coefficient (Wildman–Crippen LogP) is 3.17. The fourth-order valence-corrected chi connectivity index (χ4v) is 1.01. The van der Waals surface area contributed by atoms with E-state index in [0.29, 0.717) is 16.3 Å². The Morgan fingerprint density at radius 1 is 1.75 bits per heavy atom. The molecule has 1 rings (SSSR count). The van der Waals surface area contributed by atoms with Gasteiger partial charge in [0, 0.05) is 6.20 Å². The number of allylic oxidation sites excluding steroid dienone is 1. The van der Waals surface area contributed by atoms with Crippen molar-refractivity contribution in [2.75, 3.05) is 0 Å². The maximum Gasteiger partial charge on any atom is 0.152 e. The highest BCUT2D eigenvalue weighted by Gasteiger charge is 2.08. The second-order valence-corrected chi connectivity index (χ2v) is 2.77. The molecule has 1 aromatic rings. The highest BCUT2D eigenvalue weighted by molar-refractivity contribution is 6.33. The van der Waals surface area contributed by atoms with Crippen molar-refractivity contribution >= 4 is 22.9 Å². The fraction of sp³-hybridized carbons (Fsp3) is 0.125. The fourth-order valence-electron chi connectivity index (χ4n) is 0.830. The molecule has 0 spiro atoms. The van der Waals surface area contributed by atoms with E-state index >= 15 is 0 Å². The summed E-state index contributed by atoms with van der Waals surface area (Å²) in [6, 6.07) is 1.52. The summed E-state index contributed by atoms with van der Waals surface area (Å²) < 4.78 is 0. The number of aromatic nitrogens is 1. The highest BCUT2D eigenvalue weighted by Crippen LogP contribution is 2.30. The zero-order valence-electron chi connectivity index (χ0n) is 6.54. The smallest absolute Gasteiger partial charge is 0.152 e. The lowest BCUT2D eigenvalue weighted by Crippen LogP contribution is -1.85. The first-order valence-corrected chi connectivity index (χ1v) is 3.68. The summed E-state index contributed by atoms with van der Waals surface area (Å²) in [5.41, 5.74) is 1.29. The molecule has 0 N–H and O–H groups in total. The van der Waals surface area contributed by atoms with Crippen LogP contribution in [-0.2, 0) is 0 Å². The Balaban J connectivity index is 3.37. The average molecular weight is 183 g/mol. The summed E-state index contributed by atoms with van der Waals surface area (Å²) in [6.45, 7) is 5.40. The van der Waals surface area contributed by atoms with Gasteiger partial charge in [-0.3, -0.25) is 4.98 Å². The van der Waals surface area contributed by atoms with Gasteiger partial charge in [-0.25, -0.2) is 0 Å². The SMILES string of the molecule is C=C(C)c1nccc(Cl)c1N=O. The number of pyridine rings is 1. The van der Waals surface area contributed by atoms with Crippen LogP contribution in [0.2, 0.25) is 5.02 Å². The molecule has 1 aromatic heterocycles. The molecule has 3 nitrogen and oxygen atoms in total. The van der Waals surface area contributed by atoms with Crippen LogP contribution in [0.25, 0.3) is 5.57 Å². The van der Waals surface area contributed by atoms with E-state index in [2.05, 4.69) is 16.7 Å². The Morgan fingerprint density at radius 2 is 2.42 bits per heavy atom. The van der Waals surface area contributed by atoms with Crippen LogP contribution in [0.1, 0.15) is 12.6 Å². The maximum absolute atomic E-state index is 10.3. The molecule has 0 saturated heterocycles. The van der Waals surface area contributed by atoms with Crippen molar-refractivity contribution in [3.8, 4) is 0 Å². The zero-order chi connectivity index (χ0) is 9.14. The van der Waals surface area contributed by atoms with Crippen molar-refractivity contribution in [3.05, 3.63) is 34.5 Å². The van der Waals surface area contributed by atoms with Gasteiger partial charge in [-0.1, -0.05) is 18.2 Å². The quantitative estimate of drug-likeness (QED) is 0.660. The van der Waals surface area contributed by atoms with E-state index < -0.39 is 0 Å². The van der Waals surface area contributed by atoms with Gasteiger partial charge in [0.1, 0.15) is 0 Å². The highest BCUT2D eigenvalue weighted by atomic mass is 35.5. The number of halogens is 1. The molecule has 0 aromatic carbocycles. The van der Waals surface area contributed by atoms with Gasteiger partial charge >= 0.3 is 0 Å². The minimum absolute atomic E-state index is 0.159. The Hall–Kier alpha value is -1.22. The van der Waals surface area contributed by atoms with Crippen molar-refractivity contribution in [1.82, 2.24) is 4.98 Å². The Kier molecular flexibility index (Phi) is 2.55. The van der Waals surface area contributed by atoms with Crippen LogP contribution in [-0.4, -0.2) is 4.98 Å². The van der Waals surface area contributed by atoms with Crippen molar-refractivity contribution in [1.29, 1.82) is 0 Å². The normalized spacial score (nSPS) is 9.50. The van der Waals surface area contributed by atoms with Crippen LogP contribution >= 0.6 is 11.6 Å². The van der Waals surface area contributed by atoms with E-state index in [1.54, 1.807) is 6.92 Å².